The van der Waals surface area contributed by atoms with Crippen molar-refractivity contribution >= 4 is 6.01 Å². The van der Waals surface area contributed by atoms with Crippen LogP contribution >= 0.6 is 0 Å². The summed E-state index contributed by atoms with van der Waals surface area (Å²) in [4.78, 5) is 6.42. The molecule has 0 aromatic carbocycles. The van der Waals surface area contributed by atoms with Crippen LogP contribution in [0.15, 0.2) is 10.7 Å². The van der Waals surface area contributed by atoms with Crippen molar-refractivity contribution in [2.24, 2.45) is 0 Å². The summed E-state index contributed by atoms with van der Waals surface area (Å²) in [6.45, 7) is 8.10. The molecule has 1 N–H and O–H groups in total. The molecule has 4 nitrogen and oxygen atoms in total. The Morgan fingerprint density at radius 1 is 1.53 bits per heavy atom. The highest BCUT2D eigenvalue weighted by molar-refractivity contribution is 5.24. The van der Waals surface area contributed by atoms with Gasteiger partial charge >= 0.3 is 0 Å². The average Bonchev–Trinajstić information content (AvgIpc) is 2.63. The molecule has 0 unspecified atom stereocenters. The van der Waals surface area contributed by atoms with Gasteiger partial charge in [-0.05, 0) is 6.42 Å². The lowest BCUT2D eigenvalue weighted by molar-refractivity contribution is 0.539. The molecular weight excluding hydrogens is 190 g/mol. The van der Waals surface area contributed by atoms with Crippen LogP contribution in [0.5, 0.6) is 0 Å². The van der Waals surface area contributed by atoms with E-state index < -0.39 is 0 Å². The van der Waals surface area contributed by atoms with Crippen molar-refractivity contribution in [3.63, 3.8) is 0 Å². The van der Waals surface area contributed by atoms with Crippen LogP contribution < -0.4 is 10.2 Å². The Labute approximate surface area is 91.7 Å². The molecule has 0 radical (unpaired) electrons. The molecule has 0 aliphatic heterocycles. The summed E-state index contributed by atoms with van der Waals surface area (Å²) < 4.78 is 5.39. The maximum atomic E-state index is 5.39. The van der Waals surface area contributed by atoms with Crippen LogP contribution in [-0.2, 0) is 6.54 Å². The van der Waals surface area contributed by atoms with Crippen LogP contribution in [0.4, 0.5) is 6.01 Å². The largest absolute Gasteiger partial charge is 0.432 e. The molecule has 4 heteroatoms. The second kappa shape index (κ2) is 5.75. The second-order valence-electron chi connectivity index (χ2n) is 4.08. The van der Waals surface area contributed by atoms with Gasteiger partial charge in [-0.1, -0.05) is 20.8 Å². The Balaban J connectivity index is 2.48. The summed E-state index contributed by atoms with van der Waals surface area (Å²) in [5, 5.41) is 3.31. The Morgan fingerprint density at radius 2 is 2.27 bits per heavy atom. The van der Waals surface area contributed by atoms with E-state index in [2.05, 4.69) is 31.1 Å². The lowest BCUT2D eigenvalue weighted by atomic mass is 10.4. The van der Waals surface area contributed by atoms with Gasteiger partial charge < -0.3 is 14.6 Å². The number of nitrogens with one attached hydrogen (secondary N) is 1. The maximum absolute atomic E-state index is 5.39. The lowest BCUT2D eigenvalue weighted by Gasteiger charge is -2.11. The molecule has 0 spiro atoms. The fraction of sp³-hybridized carbons (Fsp3) is 0.727. The number of rotatable bonds is 6. The summed E-state index contributed by atoms with van der Waals surface area (Å²) in [5.41, 5.74) is 0.960. The predicted octanol–water partition coefficient (Wildman–Crippen LogP) is 2.02. The van der Waals surface area contributed by atoms with Crippen molar-refractivity contribution in [1.82, 2.24) is 10.3 Å². The third-order valence-corrected chi connectivity index (χ3v) is 2.12. The van der Waals surface area contributed by atoms with E-state index in [9.17, 15) is 0 Å². The molecule has 0 aliphatic rings. The van der Waals surface area contributed by atoms with Crippen molar-refractivity contribution in [2.45, 2.75) is 39.8 Å². The normalized spacial score (nSPS) is 11.0. The van der Waals surface area contributed by atoms with E-state index in [1.165, 1.54) is 0 Å². The summed E-state index contributed by atoms with van der Waals surface area (Å²) in [5.74, 6) is 0. The molecule has 0 saturated carbocycles. The van der Waals surface area contributed by atoms with Gasteiger partial charge in [0.15, 0.2) is 0 Å². The van der Waals surface area contributed by atoms with Crippen LogP contribution in [0.1, 0.15) is 32.9 Å². The van der Waals surface area contributed by atoms with Crippen molar-refractivity contribution in [2.75, 3.05) is 18.5 Å². The van der Waals surface area contributed by atoms with Gasteiger partial charge in [0.1, 0.15) is 6.26 Å². The molecule has 1 aromatic rings. The topological polar surface area (TPSA) is 41.3 Å². The summed E-state index contributed by atoms with van der Waals surface area (Å²) in [6.07, 6.45) is 2.81. The zero-order valence-corrected chi connectivity index (χ0v) is 10.1. The zero-order valence-electron chi connectivity index (χ0n) is 10.1. The lowest BCUT2D eigenvalue weighted by Crippen LogP contribution is -2.22. The van der Waals surface area contributed by atoms with E-state index in [4.69, 9.17) is 4.42 Å². The molecule has 0 atom stereocenters. The van der Waals surface area contributed by atoms with Gasteiger partial charge in [-0.15, -0.1) is 0 Å². The van der Waals surface area contributed by atoms with Crippen LogP contribution in [-0.4, -0.2) is 24.6 Å². The fourth-order valence-corrected chi connectivity index (χ4v) is 1.29. The number of nitrogens with zero attached hydrogens (tertiary/aromatic N) is 2. The number of oxazole rings is 1. The molecule has 86 valence electrons. The Bertz CT molecular complexity index is 283. The van der Waals surface area contributed by atoms with Gasteiger partial charge in [-0.25, -0.2) is 0 Å². The quantitative estimate of drug-likeness (QED) is 0.781. The van der Waals surface area contributed by atoms with Crippen LogP contribution in [0.2, 0.25) is 0 Å². The highest BCUT2D eigenvalue weighted by Crippen LogP contribution is 2.11. The molecule has 1 heterocycles. The van der Waals surface area contributed by atoms with Crippen LogP contribution in [0, 0.1) is 0 Å². The van der Waals surface area contributed by atoms with Crippen LogP contribution in [0.25, 0.3) is 0 Å². The van der Waals surface area contributed by atoms with Gasteiger partial charge in [0, 0.05) is 26.2 Å². The predicted molar refractivity (Wildman–Crippen MR) is 62.0 cm³/mol. The number of hydrogen-bond acceptors (Lipinski definition) is 4. The summed E-state index contributed by atoms with van der Waals surface area (Å²) in [7, 11) is 2.00. The van der Waals surface area contributed by atoms with E-state index in [0.717, 1.165) is 25.2 Å². The number of hydrogen-bond donors (Lipinski definition) is 1. The van der Waals surface area contributed by atoms with Crippen molar-refractivity contribution < 1.29 is 4.42 Å². The van der Waals surface area contributed by atoms with Gasteiger partial charge in [0.05, 0.1) is 5.69 Å². The molecule has 0 saturated heterocycles. The Hall–Kier alpha value is -1.03. The molecule has 1 aromatic heterocycles. The first-order valence-corrected chi connectivity index (χ1v) is 5.52. The van der Waals surface area contributed by atoms with Crippen molar-refractivity contribution in [1.29, 1.82) is 0 Å². The number of anilines is 1. The van der Waals surface area contributed by atoms with E-state index in [1.807, 2.05) is 11.9 Å². The van der Waals surface area contributed by atoms with E-state index >= 15 is 0 Å². The van der Waals surface area contributed by atoms with E-state index in [-0.39, 0.29) is 0 Å². The van der Waals surface area contributed by atoms with Crippen molar-refractivity contribution in [3.05, 3.63) is 12.0 Å². The van der Waals surface area contributed by atoms with Crippen molar-refractivity contribution in [3.8, 4) is 0 Å². The average molecular weight is 211 g/mol. The zero-order chi connectivity index (χ0) is 11.3. The first kappa shape index (κ1) is 12.0. The highest BCUT2D eigenvalue weighted by atomic mass is 16.4. The van der Waals surface area contributed by atoms with Gasteiger partial charge in [0.25, 0.3) is 6.01 Å². The molecule has 0 amide bonds. The molecule has 0 aliphatic carbocycles. The van der Waals surface area contributed by atoms with E-state index in [1.54, 1.807) is 6.26 Å². The second-order valence-corrected chi connectivity index (χ2v) is 4.08. The van der Waals surface area contributed by atoms with E-state index in [0.29, 0.717) is 12.1 Å². The summed E-state index contributed by atoms with van der Waals surface area (Å²) >= 11 is 0. The summed E-state index contributed by atoms with van der Waals surface area (Å²) in [6, 6.07) is 1.18. The Morgan fingerprint density at radius 3 is 2.87 bits per heavy atom. The molecule has 1 rings (SSSR count). The maximum Gasteiger partial charge on any atom is 0.297 e. The number of aromatic nitrogens is 1. The SMILES string of the molecule is CCCN(C)c1nc(CNC(C)C)co1. The first-order valence-electron chi connectivity index (χ1n) is 5.52. The minimum atomic E-state index is 0.471. The molecular formula is C11H21N3O. The minimum Gasteiger partial charge on any atom is -0.432 e. The standard InChI is InChI=1S/C11H21N3O/c1-5-6-14(4)11-13-10(8-15-11)7-12-9(2)3/h8-9,12H,5-7H2,1-4H3. The smallest absolute Gasteiger partial charge is 0.297 e. The third-order valence-electron chi connectivity index (χ3n) is 2.12. The van der Waals surface area contributed by atoms with Crippen LogP contribution in [0.3, 0.4) is 0 Å². The van der Waals surface area contributed by atoms with Gasteiger partial charge in [0.2, 0.25) is 0 Å². The minimum absolute atomic E-state index is 0.471. The highest BCUT2D eigenvalue weighted by Gasteiger charge is 2.07. The fourth-order valence-electron chi connectivity index (χ4n) is 1.29. The van der Waals surface area contributed by atoms with Gasteiger partial charge in [-0.2, -0.15) is 4.98 Å². The molecule has 0 fully saturated rings. The Kier molecular flexibility index (Phi) is 4.62. The molecule has 15 heavy (non-hydrogen) atoms. The van der Waals surface area contributed by atoms with Gasteiger partial charge in [-0.3, -0.25) is 0 Å². The molecule has 0 bridgehead atoms. The third kappa shape index (κ3) is 3.91. The first-order chi connectivity index (χ1) is 7.13. The monoisotopic (exact) mass is 211 g/mol.